The number of carbonyl (C=O) groups excluding carboxylic acids is 1. The number of benzene rings is 1. The van der Waals surface area contributed by atoms with Crippen molar-refractivity contribution in [3.63, 3.8) is 0 Å². The highest BCUT2D eigenvalue weighted by Gasteiger charge is 2.19. The number of thioether (sulfide) groups is 1. The first-order valence-electron chi connectivity index (χ1n) is 7.88. The fourth-order valence-corrected chi connectivity index (χ4v) is 4.60. The first kappa shape index (κ1) is 19.0. The molecule has 3 rings (SSSR count). The van der Waals surface area contributed by atoms with Crippen LogP contribution in [-0.4, -0.2) is 10.8 Å². The molecule has 2 aromatic rings. The van der Waals surface area contributed by atoms with E-state index in [0.717, 1.165) is 10.0 Å². The summed E-state index contributed by atoms with van der Waals surface area (Å²) in [5.41, 5.74) is 1.40. The lowest BCUT2D eigenvalue weighted by Gasteiger charge is -2.13. The lowest BCUT2D eigenvalue weighted by molar-refractivity contribution is 0.101. The van der Waals surface area contributed by atoms with Crippen LogP contribution in [0.5, 0.6) is 0 Å². The SMILES string of the molecule is CC(=O)c1c(SCc2ccc(C#N)cc2)[nH]c2c(c1=O)=C(Cl)CCC=2Br. The Balaban J connectivity index is 2.09. The van der Waals surface area contributed by atoms with Crippen LogP contribution in [-0.2, 0) is 5.75 Å². The number of halogens is 2. The standard InChI is InChI=1S/C19H14BrClN2O2S/c1-10(24)15-18(25)16-14(21)7-6-13(20)17(16)23-19(15)26-9-12-4-2-11(8-22)3-5-12/h2-5,23H,6-7,9H2,1H3. The number of H-pyrrole nitrogens is 1. The molecule has 1 aliphatic rings. The molecular weight excluding hydrogens is 436 g/mol. The Kier molecular flexibility index (Phi) is 5.71. The first-order chi connectivity index (χ1) is 12.4. The molecule has 4 nitrogen and oxygen atoms in total. The van der Waals surface area contributed by atoms with Gasteiger partial charge in [0.25, 0.3) is 0 Å². The van der Waals surface area contributed by atoms with E-state index in [2.05, 4.69) is 27.0 Å². The molecule has 0 atom stereocenters. The Morgan fingerprint density at radius 1 is 1.35 bits per heavy atom. The number of nitrogens with zero attached hydrogens (tertiary/aromatic N) is 1. The van der Waals surface area contributed by atoms with Crippen molar-refractivity contribution in [3.05, 3.63) is 61.7 Å². The van der Waals surface area contributed by atoms with Crippen LogP contribution in [0.1, 0.15) is 41.3 Å². The van der Waals surface area contributed by atoms with Gasteiger partial charge in [-0.3, -0.25) is 9.59 Å². The second kappa shape index (κ2) is 7.83. The maximum Gasteiger partial charge on any atom is 0.202 e. The lowest BCUT2D eigenvalue weighted by atomic mass is 10.1. The molecule has 0 unspecified atom stereocenters. The van der Waals surface area contributed by atoms with Crippen molar-refractivity contribution in [2.24, 2.45) is 0 Å². The van der Waals surface area contributed by atoms with Crippen LogP contribution in [0.4, 0.5) is 0 Å². The summed E-state index contributed by atoms with van der Waals surface area (Å²) in [5.74, 6) is 0.276. The first-order valence-corrected chi connectivity index (χ1v) is 10.0. The number of hydrogen-bond acceptors (Lipinski definition) is 4. The van der Waals surface area contributed by atoms with Crippen molar-refractivity contribution in [1.82, 2.24) is 4.98 Å². The molecule has 1 N–H and O–H groups in total. The maximum atomic E-state index is 12.9. The summed E-state index contributed by atoms with van der Waals surface area (Å²) in [6.07, 6.45) is 1.29. The Morgan fingerprint density at radius 3 is 2.65 bits per heavy atom. The van der Waals surface area contributed by atoms with Crippen LogP contribution in [0.2, 0.25) is 0 Å². The van der Waals surface area contributed by atoms with Crippen LogP contribution < -0.4 is 16.0 Å². The highest BCUT2D eigenvalue weighted by Crippen LogP contribution is 2.25. The van der Waals surface area contributed by atoms with Crippen LogP contribution in [0.25, 0.3) is 9.51 Å². The molecule has 1 aromatic heterocycles. The van der Waals surface area contributed by atoms with Gasteiger partial charge in [-0.15, -0.1) is 11.8 Å². The minimum Gasteiger partial charge on any atom is -0.348 e. The van der Waals surface area contributed by atoms with Gasteiger partial charge in [-0.2, -0.15) is 5.26 Å². The second-order valence-corrected chi connectivity index (χ2v) is 8.27. The minimum atomic E-state index is -0.324. The van der Waals surface area contributed by atoms with E-state index in [1.54, 1.807) is 12.1 Å². The number of nitrogens with one attached hydrogen (secondary N) is 1. The molecule has 0 bridgehead atoms. The smallest absolute Gasteiger partial charge is 0.202 e. The van der Waals surface area contributed by atoms with E-state index < -0.39 is 0 Å². The predicted octanol–water partition coefficient (Wildman–Crippen LogP) is 3.39. The number of pyridine rings is 1. The van der Waals surface area contributed by atoms with Crippen LogP contribution >= 0.6 is 39.3 Å². The normalized spacial score (nSPS) is 13.3. The summed E-state index contributed by atoms with van der Waals surface area (Å²) in [7, 11) is 0. The summed E-state index contributed by atoms with van der Waals surface area (Å²) in [6, 6.07) is 9.30. The molecule has 0 fully saturated rings. The maximum absolute atomic E-state index is 12.9. The zero-order valence-electron chi connectivity index (χ0n) is 13.9. The third-order valence-electron chi connectivity index (χ3n) is 4.09. The van der Waals surface area contributed by atoms with E-state index in [4.69, 9.17) is 16.9 Å². The van der Waals surface area contributed by atoms with Crippen LogP contribution in [0.3, 0.4) is 0 Å². The van der Waals surface area contributed by atoms with Crippen molar-refractivity contribution in [3.8, 4) is 6.07 Å². The van der Waals surface area contributed by atoms with Crippen molar-refractivity contribution < 1.29 is 4.79 Å². The number of ketones is 1. The number of hydrogen-bond donors (Lipinski definition) is 1. The number of Topliss-reactive ketones (excluding diaryl/α,β-unsaturated/α-hetero) is 1. The van der Waals surface area contributed by atoms with E-state index in [1.807, 2.05) is 12.1 Å². The van der Waals surface area contributed by atoms with E-state index in [-0.39, 0.29) is 16.8 Å². The molecule has 0 radical (unpaired) electrons. The molecule has 132 valence electrons. The molecule has 7 heteroatoms. The van der Waals surface area contributed by atoms with Crippen molar-refractivity contribution in [2.45, 2.75) is 30.5 Å². The summed E-state index contributed by atoms with van der Waals surface area (Å²) >= 11 is 11.2. The van der Waals surface area contributed by atoms with Crippen LogP contribution in [0.15, 0.2) is 34.1 Å². The molecule has 0 saturated heterocycles. The molecule has 0 amide bonds. The number of aromatic amines is 1. The number of nitriles is 1. The van der Waals surface area contributed by atoms with Crippen molar-refractivity contribution >= 4 is 54.6 Å². The molecular formula is C19H14BrClN2O2S. The molecule has 0 saturated carbocycles. The highest BCUT2D eigenvalue weighted by atomic mass is 79.9. The molecule has 0 spiro atoms. The van der Waals surface area contributed by atoms with Gasteiger partial charge in [-0.1, -0.05) is 39.7 Å². The summed E-state index contributed by atoms with van der Waals surface area (Å²) in [6.45, 7) is 1.39. The third-order valence-corrected chi connectivity index (χ3v) is 6.34. The zero-order chi connectivity index (χ0) is 18.8. The van der Waals surface area contributed by atoms with E-state index in [9.17, 15) is 9.59 Å². The number of aromatic nitrogens is 1. The van der Waals surface area contributed by atoms with Gasteiger partial charge in [0.15, 0.2) is 5.78 Å². The minimum absolute atomic E-state index is 0.141. The predicted molar refractivity (Wildman–Crippen MR) is 108 cm³/mol. The Hall–Kier alpha value is -1.81. The fourth-order valence-electron chi connectivity index (χ4n) is 2.77. The van der Waals surface area contributed by atoms with Gasteiger partial charge >= 0.3 is 0 Å². The molecule has 1 heterocycles. The zero-order valence-corrected chi connectivity index (χ0v) is 17.0. The Labute approximate surface area is 167 Å². The fraction of sp³-hybridized carbons (Fsp3) is 0.211. The molecule has 0 aliphatic heterocycles. The molecule has 26 heavy (non-hydrogen) atoms. The summed E-state index contributed by atoms with van der Waals surface area (Å²) in [4.78, 5) is 28.2. The second-order valence-electron chi connectivity index (χ2n) is 5.87. The number of rotatable bonds is 4. The van der Waals surface area contributed by atoms with Gasteiger partial charge in [-0.05, 0) is 37.5 Å². The summed E-state index contributed by atoms with van der Waals surface area (Å²) < 4.78 is 0.879. The average Bonchev–Trinajstić information content (AvgIpc) is 2.62. The van der Waals surface area contributed by atoms with Crippen LogP contribution in [0, 0.1) is 11.3 Å². The van der Waals surface area contributed by atoms with E-state index >= 15 is 0 Å². The quantitative estimate of drug-likeness (QED) is 0.573. The van der Waals surface area contributed by atoms with E-state index in [0.29, 0.717) is 44.8 Å². The van der Waals surface area contributed by atoms with Gasteiger partial charge in [0.1, 0.15) is 0 Å². The largest absolute Gasteiger partial charge is 0.348 e. The number of carbonyl (C=O) groups is 1. The van der Waals surface area contributed by atoms with E-state index in [1.165, 1.54) is 18.7 Å². The average molecular weight is 450 g/mol. The highest BCUT2D eigenvalue weighted by molar-refractivity contribution is 9.14. The van der Waals surface area contributed by atoms with Gasteiger partial charge in [0.2, 0.25) is 5.43 Å². The van der Waals surface area contributed by atoms with Gasteiger partial charge in [0, 0.05) is 15.3 Å². The van der Waals surface area contributed by atoms with Gasteiger partial charge in [0.05, 0.1) is 32.8 Å². The van der Waals surface area contributed by atoms with Crippen molar-refractivity contribution in [2.75, 3.05) is 0 Å². The molecule has 1 aromatic carbocycles. The number of fused-ring (bicyclic) bond motifs is 1. The van der Waals surface area contributed by atoms with Gasteiger partial charge < -0.3 is 4.98 Å². The van der Waals surface area contributed by atoms with Gasteiger partial charge in [-0.25, -0.2) is 0 Å². The van der Waals surface area contributed by atoms with Crippen molar-refractivity contribution in [1.29, 1.82) is 5.26 Å². The Bertz CT molecular complexity index is 1110. The lowest BCUT2D eigenvalue weighted by Crippen LogP contribution is -2.47. The Morgan fingerprint density at radius 2 is 2.04 bits per heavy atom. The third kappa shape index (κ3) is 3.66. The monoisotopic (exact) mass is 448 g/mol. The topological polar surface area (TPSA) is 73.7 Å². The molecule has 1 aliphatic carbocycles. The summed E-state index contributed by atoms with van der Waals surface area (Å²) in [5, 5.41) is 10.9.